The van der Waals surface area contributed by atoms with Crippen molar-refractivity contribution in [1.82, 2.24) is 15.5 Å². The number of carbonyl (C=O) groups is 1. The van der Waals surface area contributed by atoms with E-state index in [9.17, 15) is 4.79 Å². The van der Waals surface area contributed by atoms with Crippen molar-refractivity contribution in [3.05, 3.63) is 0 Å². The molecule has 0 radical (unpaired) electrons. The quantitative estimate of drug-likeness (QED) is 0.719. The van der Waals surface area contributed by atoms with Gasteiger partial charge in [-0.3, -0.25) is 0 Å². The van der Waals surface area contributed by atoms with Gasteiger partial charge in [0.15, 0.2) is 0 Å². The lowest BCUT2D eigenvalue weighted by atomic mass is 9.96. The molecule has 0 aromatic rings. The van der Waals surface area contributed by atoms with Crippen LogP contribution in [0.15, 0.2) is 0 Å². The number of rotatable bonds is 1. The average molecular weight is 237 g/mol. The number of nitrogens with one attached hydrogen (secondary N) is 2. The summed E-state index contributed by atoms with van der Waals surface area (Å²) in [5, 5.41) is 6.62. The Kier molecular flexibility index (Phi) is 3.23. The maximum atomic E-state index is 12.1. The SMILES string of the molecule is O=C(NC1CCCCC1)N1CC2CNCC2C1. The van der Waals surface area contributed by atoms with Gasteiger partial charge in [-0.25, -0.2) is 4.79 Å². The Morgan fingerprint density at radius 1 is 1.06 bits per heavy atom. The number of fused-ring (bicyclic) bond motifs is 1. The molecule has 0 spiro atoms. The number of carbonyl (C=O) groups excluding carboxylic acids is 1. The van der Waals surface area contributed by atoms with Gasteiger partial charge in [0.25, 0.3) is 0 Å². The first-order valence-electron chi connectivity index (χ1n) is 7.09. The van der Waals surface area contributed by atoms with Gasteiger partial charge < -0.3 is 15.5 Å². The van der Waals surface area contributed by atoms with Crippen molar-refractivity contribution in [2.45, 2.75) is 38.1 Å². The van der Waals surface area contributed by atoms with E-state index < -0.39 is 0 Å². The molecule has 2 saturated heterocycles. The molecule has 4 heteroatoms. The van der Waals surface area contributed by atoms with Crippen LogP contribution >= 0.6 is 0 Å². The zero-order chi connectivity index (χ0) is 11.7. The minimum atomic E-state index is 0.186. The summed E-state index contributed by atoms with van der Waals surface area (Å²) in [4.78, 5) is 14.2. The van der Waals surface area contributed by atoms with Gasteiger partial charge in [-0.2, -0.15) is 0 Å². The normalized spacial score (nSPS) is 33.8. The van der Waals surface area contributed by atoms with Gasteiger partial charge in [0.1, 0.15) is 0 Å². The number of urea groups is 1. The van der Waals surface area contributed by atoms with Crippen LogP contribution in [0.1, 0.15) is 32.1 Å². The van der Waals surface area contributed by atoms with Crippen LogP contribution in [-0.4, -0.2) is 43.2 Å². The van der Waals surface area contributed by atoms with Crippen molar-refractivity contribution in [3.63, 3.8) is 0 Å². The topological polar surface area (TPSA) is 44.4 Å². The highest BCUT2D eigenvalue weighted by Gasteiger charge is 2.38. The maximum absolute atomic E-state index is 12.1. The lowest BCUT2D eigenvalue weighted by Gasteiger charge is -2.26. The molecule has 3 rings (SSSR count). The fourth-order valence-corrected chi connectivity index (χ4v) is 3.53. The van der Waals surface area contributed by atoms with E-state index in [0.717, 1.165) is 26.2 Å². The van der Waals surface area contributed by atoms with E-state index in [4.69, 9.17) is 0 Å². The van der Waals surface area contributed by atoms with Crippen LogP contribution in [0.25, 0.3) is 0 Å². The Labute approximate surface area is 103 Å². The molecule has 0 aromatic heterocycles. The molecule has 4 nitrogen and oxygen atoms in total. The molecule has 1 saturated carbocycles. The third-order valence-corrected chi connectivity index (χ3v) is 4.61. The molecule has 2 unspecified atom stereocenters. The highest BCUT2D eigenvalue weighted by molar-refractivity contribution is 5.75. The molecule has 2 atom stereocenters. The minimum Gasteiger partial charge on any atom is -0.335 e. The van der Waals surface area contributed by atoms with Gasteiger partial charge in [0, 0.05) is 32.2 Å². The predicted octanol–water partition coefficient (Wildman–Crippen LogP) is 1.18. The summed E-state index contributed by atoms with van der Waals surface area (Å²) in [7, 11) is 0. The molecule has 96 valence electrons. The number of likely N-dealkylation sites (tertiary alicyclic amines) is 1. The van der Waals surface area contributed by atoms with E-state index in [-0.39, 0.29) is 6.03 Å². The first-order chi connectivity index (χ1) is 8.33. The Hall–Kier alpha value is -0.770. The number of hydrogen-bond acceptors (Lipinski definition) is 2. The second-order valence-corrected chi connectivity index (χ2v) is 5.87. The van der Waals surface area contributed by atoms with E-state index in [1.165, 1.54) is 32.1 Å². The summed E-state index contributed by atoms with van der Waals surface area (Å²) in [5.74, 6) is 1.40. The average Bonchev–Trinajstić information content (AvgIpc) is 2.90. The number of amides is 2. The zero-order valence-electron chi connectivity index (χ0n) is 10.5. The second-order valence-electron chi connectivity index (χ2n) is 5.87. The minimum absolute atomic E-state index is 0.186. The van der Waals surface area contributed by atoms with Gasteiger partial charge in [0.2, 0.25) is 0 Å². The van der Waals surface area contributed by atoms with Gasteiger partial charge >= 0.3 is 6.03 Å². The van der Waals surface area contributed by atoms with Crippen molar-refractivity contribution in [2.24, 2.45) is 11.8 Å². The molecular formula is C13H23N3O. The molecule has 3 aliphatic rings. The molecular weight excluding hydrogens is 214 g/mol. The smallest absolute Gasteiger partial charge is 0.317 e. The lowest BCUT2D eigenvalue weighted by Crippen LogP contribution is -2.45. The summed E-state index contributed by atoms with van der Waals surface area (Å²) in [6.45, 7) is 4.10. The first-order valence-corrected chi connectivity index (χ1v) is 7.09. The van der Waals surface area contributed by atoms with Crippen molar-refractivity contribution < 1.29 is 4.79 Å². The van der Waals surface area contributed by atoms with Crippen molar-refractivity contribution in [2.75, 3.05) is 26.2 Å². The summed E-state index contributed by atoms with van der Waals surface area (Å²) in [5.41, 5.74) is 0. The molecule has 0 bridgehead atoms. The van der Waals surface area contributed by atoms with Crippen LogP contribution < -0.4 is 10.6 Å². The molecule has 3 fully saturated rings. The molecule has 17 heavy (non-hydrogen) atoms. The third-order valence-electron chi connectivity index (χ3n) is 4.61. The van der Waals surface area contributed by atoms with Gasteiger partial charge in [0.05, 0.1) is 0 Å². The summed E-state index contributed by atoms with van der Waals surface area (Å²) >= 11 is 0. The fraction of sp³-hybridized carbons (Fsp3) is 0.923. The van der Waals surface area contributed by atoms with Crippen LogP contribution in [0.3, 0.4) is 0 Å². The van der Waals surface area contributed by atoms with Gasteiger partial charge in [-0.15, -0.1) is 0 Å². The predicted molar refractivity (Wildman–Crippen MR) is 66.8 cm³/mol. The van der Waals surface area contributed by atoms with Crippen LogP contribution in [0.2, 0.25) is 0 Å². The van der Waals surface area contributed by atoms with E-state index in [1.54, 1.807) is 0 Å². The number of hydrogen-bond donors (Lipinski definition) is 2. The summed E-state index contributed by atoms with van der Waals surface area (Å²) in [6.07, 6.45) is 6.24. The van der Waals surface area contributed by atoms with E-state index in [2.05, 4.69) is 10.6 Å². The Bertz CT molecular complexity index is 276. The Morgan fingerprint density at radius 2 is 1.71 bits per heavy atom. The monoisotopic (exact) mass is 237 g/mol. The standard InChI is InChI=1S/C13H23N3O/c17-13(15-12-4-2-1-3-5-12)16-8-10-6-14-7-11(10)9-16/h10-12,14H,1-9H2,(H,15,17). The van der Waals surface area contributed by atoms with Crippen LogP contribution in [-0.2, 0) is 0 Å². The molecule has 0 aromatic carbocycles. The second kappa shape index (κ2) is 4.84. The van der Waals surface area contributed by atoms with Crippen LogP contribution in [0.5, 0.6) is 0 Å². The van der Waals surface area contributed by atoms with Gasteiger partial charge in [-0.05, 0) is 24.7 Å². The van der Waals surface area contributed by atoms with E-state index in [0.29, 0.717) is 17.9 Å². The Morgan fingerprint density at radius 3 is 2.35 bits per heavy atom. The van der Waals surface area contributed by atoms with Crippen LogP contribution in [0.4, 0.5) is 4.79 Å². The molecule has 2 aliphatic heterocycles. The maximum Gasteiger partial charge on any atom is 0.317 e. The first kappa shape index (κ1) is 11.3. The highest BCUT2D eigenvalue weighted by atomic mass is 16.2. The Balaban J connectivity index is 1.49. The molecule has 2 N–H and O–H groups in total. The van der Waals surface area contributed by atoms with Crippen molar-refractivity contribution in [3.8, 4) is 0 Å². The zero-order valence-corrected chi connectivity index (χ0v) is 10.5. The van der Waals surface area contributed by atoms with E-state index >= 15 is 0 Å². The summed E-state index contributed by atoms with van der Waals surface area (Å²) in [6, 6.07) is 0.626. The largest absolute Gasteiger partial charge is 0.335 e. The third kappa shape index (κ3) is 2.41. The van der Waals surface area contributed by atoms with Crippen molar-refractivity contribution >= 4 is 6.03 Å². The van der Waals surface area contributed by atoms with Gasteiger partial charge in [-0.1, -0.05) is 19.3 Å². The molecule has 1 aliphatic carbocycles. The van der Waals surface area contributed by atoms with Crippen molar-refractivity contribution in [1.29, 1.82) is 0 Å². The van der Waals surface area contributed by atoms with Crippen LogP contribution in [0, 0.1) is 11.8 Å². The molecule has 2 heterocycles. The lowest BCUT2D eigenvalue weighted by molar-refractivity contribution is 0.197. The number of nitrogens with zero attached hydrogens (tertiary/aromatic N) is 1. The summed E-state index contributed by atoms with van der Waals surface area (Å²) < 4.78 is 0. The molecule has 2 amide bonds. The fourth-order valence-electron chi connectivity index (χ4n) is 3.53. The van der Waals surface area contributed by atoms with E-state index in [1.807, 2.05) is 4.90 Å². The highest BCUT2D eigenvalue weighted by Crippen LogP contribution is 2.26.